The average Bonchev–Trinajstić information content (AvgIpc) is 3.25. The summed E-state index contributed by atoms with van der Waals surface area (Å²) in [6.07, 6.45) is 0.171. The highest BCUT2D eigenvalue weighted by Crippen LogP contribution is 2.31. The van der Waals surface area contributed by atoms with E-state index in [1.54, 1.807) is 11.8 Å². The van der Waals surface area contributed by atoms with Gasteiger partial charge in [0.2, 0.25) is 11.8 Å². The Balaban J connectivity index is 1.62. The van der Waals surface area contributed by atoms with Crippen LogP contribution in [0.2, 0.25) is 0 Å². The van der Waals surface area contributed by atoms with E-state index in [-0.39, 0.29) is 18.3 Å². The molecule has 1 unspecified atom stereocenters. The number of ether oxygens (including phenoxy) is 1. The second-order valence-corrected chi connectivity index (χ2v) is 6.70. The van der Waals surface area contributed by atoms with Gasteiger partial charge in [0.1, 0.15) is 5.52 Å². The fraction of sp³-hybridized carbons (Fsp3) is 0.286. The van der Waals surface area contributed by atoms with Crippen molar-refractivity contribution in [3.8, 4) is 11.5 Å². The Kier molecular flexibility index (Phi) is 4.39. The Morgan fingerprint density at radius 1 is 1.30 bits per heavy atom. The van der Waals surface area contributed by atoms with Crippen molar-refractivity contribution in [3.63, 3.8) is 0 Å². The summed E-state index contributed by atoms with van der Waals surface area (Å²) >= 11 is 0. The molecule has 3 aromatic rings. The lowest BCUT2D eigenvalue weighted by atomic mass is 10.1. The normalized spacial score (nSPS) is 16.9. The molecule has 1 aromatic heterocycles. The van der Waals surface area contributed by atoms with Gasteiger partial charge in [0.25, 0.3) is 0 Å². The van der Waals surface area contributed by atoms with Crippen LogP contribution < -0.4 is 4.90 Å². The molecule has 4 rings (SSSR count). The van der Waals surface area contributed by atoms with E-state index in [1.165, 1.54) is 0 Å². The van der Waals surface area contributed by atoms with E-state index in [0.29, 0.717) is 35.8 Å². The molecule has 0 spiro atoms. The summed E-state index contributed by atoms with van der Waals surface area (Å²) < 4.78 is 10.9. The molecule has 1 aliphatic heterocycles. The van der Waals surface area contributed by atoms with Crippen molar-refractivity contribution in [1.82, 2.24) is 4.98 Å². The minimum absolute atomic E-state index is 0.0881. The predicted molar refractivity (Wildman–Crippen MR) is 101 cm³/mol. The van der Waals surface area contributed by atoms with Crippen molar-refractivity contribution in [2.45, 2.75) is 20.3 Å². The van der Waals surface area contributed by atoms with Gasteiger partial charge in [-0.3, -0.25) is 9.59 Å². The zero-order valence-electron chi connectivity index (χ0n) is 15.3. The van der Waals surface area contributed by atoms with Crippen LogP contribution in [-0.2, 0) is 14.3 Å². The fourth-order valence-electron chi connectivity index (χ4n) is 3.36. The van der Waals surface area contributed by atoms with Gasteiger partial charge in [0, 0.05) is 24.2 Å². The predicted octanol–water partition coefficient (Wildman–Crippen LogP) is 3.72. The van der Waals surface area contributed by atoms with Crippen LogP contribution in [0.4, 0.5) is 5.69 Å². The van der Waals surface area contributed by atoms with Gasteiger partial charge in [-0.15, -0.1) is 0 Å². The number of hydrogen-bond donors (Lipinski definition) is 0. The first-order valence-corrected chi connectivity index (χ1v) is 9.00. The minimum atomic E-state index is -0.423. The standard InChI is InChI=1S/C21H20N2O4/c1-3-26-21(25)15-10-19(24)23(12-15)16-7-8-18-17(11-16)22-20(27-18)14-6-4-5-13(2)9-14/h4-9,11,15H,3,10,12H2,1-2H3. The molecule has 0 aliphatic carbocycles. The van der Waals surface area contributed by atoms with E-state index < -0.39 is 5.92 Å². The number of aromatic nitrogens is 1. The van der Waals surface area contributed by atoms with Crippen molar-refractivity contribution < 1.29 is 18.7 Å². The Labute approximate surface area is 156 Å². The smallest absolute Gasteiger partial charge is 0.311 e. The third kappa shape index (κ3) is 3.30. The number of amides is 1. The van der Waals surface area contributed by atoms with Crippen LogP contribution in [0.3, 0.4) is 0 Å². The maximum Gasteiger partial charge on any atom is 0.311 e. The molecule has 1 atom stereocenters. The molecule has 0 N–H and O–H groups in total. The molecule has 0 bridgehead atoms. The number of carbonyl (C=O) groups is 2. The zero-order valence-corrected chi connectivity index (χ0v) is 15.3. The number of esters is 1. The number of hydrogen-bond acceptors (Lipinski definition) is 5. The fourth-order valence-corrected chi connectivity index (χ4v) is 3.36. The van der Waals surface area contributed by atoms with Crippen LogP contribution >= 0.6 is 0 Å². The molecule has 6 heteroatoms. The van der Waals surface area contributed by atoms with E-state index in [2.05, 4.69) is 4.98 Å². The molecule has 1 fully saturated rings. The largest absolute Gasteiger partial charge is 0.466 e. The van der Waals surface area contributed by atoms with Gasteiger partial charge in [-0.05, 0) is 44.2 Å². The first kappa shape index (κ1) is 17.3. The van der Waals surface area contributed by atoms with Gasteiger partial charge in [0.15, 0.2) is 5.58 Å². The SMILES string of the molecule is CCOC(=O)C1CC(=O)N(c2ccc3oc(-c4cccc(C)c4)nc3c2)C1. The highest BCUT2D eigenvalue weighted by molar-refractivity contribution is 6.00. The number of benzene rings is 2. The van der Waals surface area contributed by atoms with Gasteiger partial charge < -0.3 is 14.1 Å². The summed E-state index contributed by atoms with van der Waals surface area (Å²) in [6.45, 7) is 4.42. The Hall–Kier alpha value is -3.15. The highest BCUT2D eigenvalue weighted by atomic mass is 16.5. The summed E-state index contributed by atoms with van der Waals surface area (Å²) in [5.74, 6) is -0.288. The van der Waals surface area contributed by atoms with Gasteiger partial charge in [-0.1, -0.05) is 17.7 Å². The quantitative estimate of drug-likeness (QED) is 0.660. The third-order valence-corrected chi connectivity index (χ3v) is 4.69. The number of carbonyl (C=O) groups excluding carboxylic acids is 2. The molecule has 2 heterocycles. The average molecular weight is 364 g/mol. The summed E-state index contributed by atoms with van der Waals surface area (Å²) in [6, 6.07) is 13.4. The van der Waals surface area contributed by atoms with Crippen molar-refractivity contribution in [3.05, 3.63) is 48.0 Å². The van der Waals surface area contributed by atoms with Crippen molar-refractivity contribution in [2.75, 3.05) is 18.1 Å². The van der Waals surface area contributed by atoms with Crippen molar-refractivity contribution in [2.24, 2.45) is 5.92 Å². The minimum Gasteiger partial charge on any atom is -0.466 e. The summed E-state index contributed by atoms with van der Waals surface area (Å²) in [5, 5.41) is 0. The summed E-state index contributed by atoms with van der Waals surface area (Å²) in [7, 11) is 0. The Morgan fingerprint density at radius 3 is 2.93 bits per heavy atom. The molecular weight excluding hydrogens is 344 g/mol. The molecule has 6 nitrogen and oxygen atoms in total. The lowest BCUT2D eigenvalue weighted by molar-refractivity contribution is -0.147. The maximum absolute atomic E-state index is 12.4. The molecule has 138 valence electrons. The van der Waals surface area contributed by atoms with E-state index in [4.69, 9.17) is 9.15 Å². The molecule has 1 saturated heterocycles. The topological polar surface area (TPSA) is 72.6 Å². The summed E-state index contributed by atoms with van der Waals surface area (Å²) in [4.78, 5) is 30.5. The Bertz CT molecular complexity index is 1020. The van der Waals surface area contributed by atoms with Crippen molar-refractivity contribution in [1.29, 1.82) is 0 Å². The number of nitrogens with zero attached hydrogens (tertiary/aromatic N) is 2. The van der Waals surface area contributed by atoms with Gasteiger partial charge in [-0.25, -0.2) is 4.98 Å². The van der Waals surface area contributed by atoms with Crippen LogP contribution in [-0.4, -0.2) is 30.0 Å². The van der Waals surface area contributed by atoms with Crippen molar-refractivity contribution >= 4 is 28.7 Å². The number of fused-ring (bicyclic) bond motifs is 1. The zero-order chi connectivity index (χ0) is 19.0. The van der Waals surface area contributed by atoms with E-state index in [0.717, 1.165) is 11.1 Å². The number of oxazole rings is 1. The Morgan fingerprint density at radius 2 is 2.15 bits per heavy atom. The highest BCUT2D eigenvalue weighted by Gasteiger charge is 2.36. The van der Waals surface area contributed by atoms with Crippen LogP contribution in [0.15, 0.2) is 46.9 Å². The number of rotatable bonds is 4. The lowest BCUT2D eigenvalue weighted by Crippen LogP contribution is -2.26. The van der Waals surface area contributed by atoms with E-state index in [1.807, 2.05) is 49.4 Å². The van der Waals surface area contributed by atoms with Gasteiger partial charge >= 0.3 is 5.97 Å². The van der Waals surface area contributed by atoms with Gasteiger partial charge in [-0.2, -0.15) is 0 Å². The molecule has 1 amide bonds. The van der Waals surface area contributed by atoms with Crippen LogP contribution in [0.5, 0.6) is 0 Å². The molecule has 1 aliphatic rings. The van der Waals surface area contributed by atoms with Crippen LogP contribution in [0.1, 0.15) is 18.9 Å². The second-order valence-electron chi connectivity index (χ2n) is 6.70. The van der Waals surface area contributed by atoms with Crippen LogP contribution in [0, 0.1) is 12.8 Å². The summed E-state index contributed by atoms with van der Waals surface area (Å²) in [5.41, 5.74) is 4.08. The molecule has 27 heavy (non-hydrogen) atoms. The monoisotopic (exact) mass is 364 g/mol. The third-order valence-electron chi connectivity index (χ3n) is 4.69. The number of aryl methyl sites for hydroxylation is 1. The molecule has 0 saturated carbocycles. The van der Waals surface area contributed by atoms with Crippen LogP contribution in [0.25, 0.3) is 22.6 Å². The van der Waals surface area contributed by atoms with Gasteiger partial charge in [0.05, 0.1) is 12.5 Å². The number of anilines is 1. The molecular formula is C21H20N2O4. The maximum atomic E-state index is 12.4. The first-order valence-electron chi connectivity index (χ1n) is 9.00. The lowest BCUT2D eigenvalue weighted by Gasteiger charge is -2.16. The second kappa shape index (κ2) is 6.87. The first-order chi connectivity index (χ1) is 13.0. The van der Waals surface area contributed by atoms with E-state index in [9.17, 15) is 9.59 Å². The molecule has 2 aromatic carbocycles. The molecule has 0 radical (unpaired) electrons. The van der Waals surface area contributed by atoms with E-state index >= 15 is 0 Å².